The summed E-state index contributed by atoms with van der Waals surface area (Å²) < 4.78 is 15.9. The zero-order chi connectivity index (χ0) is 21.2. The van der Waals surface area contributed by atoms with Gasteiger partial charge in [-0.3, -0.25) is 14.8 Å². The summed E-state index contributed by atoms with van der Waals surface area (Å²) in [6.45, 7) is 5.23. The van der Waals surface area contributed by atoms with Crippen LogP contribution in [0.5, 0.6) is 0 Å². The number of halogens is 1. The summed E-state index contributed by atoms with van der Waals surface area (Å²) in [5.74, 6) is -1.11. The third kappa shape index (κ3) is 4.40. The molecule has 2 N–H and O–H groups in total. The van der Waals surface area contributed by atoms with E-state index in [0.717, 1.165) is 17.6 Å². The van der Waals surface area contributed by atoms with Crippen LogP contribution in [0.4, 0.5) is 4.39 Å². The minimum atomic E-state index is -0.905. The lowest BCUT2D eigenvalue weighted by Crippen LogP contribution is -2.36. The molecule has 0 saturated carbocycles. The predicted molar refractivity (Wildman–Crippen MR) is 104 cm³/mol. The Labute approximate surface area is 166 Å². The number of amides is 1. The molecule has 0 aliphatic carbocycles. The summed E-state index contributed by atoms with van der Waals surface area (Å²) in [6.07, 6.45) is 3.03. The van der Waals surface area contributed by atoms with Crippen molar-refractivity contribution in [1.82, 2.24) is 25.0 Å². The molecule has 9 heteroatoms. The van der Waals surface area contributed by atoms with Crippen molar-refractivity contribution in [2.45, 2.75) is 33.7 Å². The highest BCUT2D eigenvalue weighted by Gasteiger charge is 2.27. The van der Waals surface area contributed by atoms with Crippen molar-refractivity contribution < 1.29 is 14.4 Å². The van der Waals surface area contributed by atoms with Gasteiger partial charge in [-0.05, 0) is 31.0 Å². The highest BCUT2D eigenvalue weighted by Crippen LogP contribution is 2.24. The molecule has 2 aromatic heterocycles. The van der Waals surface area contributed by atoms with Crippen LogP contribution < -0.4 is 11.0 Å². The van der Waals surface area contributed by atoms with Gasteiger partial charge >= 0.3 is 0 Å². The standard InChI is InChI=1S/C20H22FN5O3/c1-13-11-22-26(23-13)15-6-4-14(5-7-15)16-10-18(27)25(12-17(16)21)9-8-20(2,3)19(28)24-29/h4-7,10-12,29H,8-9H2,1-3H3,(H,24,28). The molecule has 3 rings (SSSR count). The second-order valence-corrected chi connectivity index (χ2v) is 7.46. The average Bonchev–Trinajstić information content (AvgIpc) is 3.14. The van der Waals surface area contributed by atoms with Crippen LogP contribution >= 0.6 is 0 Å². The number of hydrogen-bond donors (Lipinski definition) is 2. The van der Waals surface area contributed by atoms with E-state index in [1.165, 1.54) is 15.4 Å². The van der Waals surface area contributed by atoms with Crippen molar-refractivity contribution in [2.75, 3.05) is 0 Å². The van der Waals surface area contributed by atoms with Crippen molar-refractivity contribution in [1.29, 1.82) is 0 Å². The number of hydrogen-bond acceptors (Lipinski definition) is 5. The smallest absolute Gasteiger partial charge is 0.251 e. The zero-order valence-electron chi connectivity index (χ0n) is 16.4. The first kappa shape index (κ1) is 20.4. The van der Waals surface area contributed by atoms with Crippen LogP contribution in [0.25, 0.3) is 16.8 Å². The third-order valence-corrected chi connectivity index (χ3v) is 4.79. The number of aryl methyl sites for hydroxylation is 2. The number of aromatic nitrogens is 4. The van der Waals surface area contributed by atoms with E-state index in [4.69, 9.17) is 5.21 Å². The summed E-state index contributed by atoms with van der Waals surface area (Å²) in [6, 6.07) is 8.13. The molecule has 152 valence electrons. The molecule has 0 saturated heterocycles. The van der Waals surface area contributed by atoms with Gasteiger partial charge in [0.15, 0.2) is 0 Å². The topological polar surface area (TPSA) is 102 Å². The Morgan fingerprint density at radius 1 is 1.28 bits per heavy atom. The Morgan fingerprint density at radius 3 is 2.55 bits per heavy atom. The van der Waals surface area contributed by atoms with Crippen LogP contribution in [0.2, 0.25) is 0 Å². The number of carbonyl (C=O) groups is 1. The molecule has 0 aliphatic heterocycles. The summed E-state index contributed by atoms with van der Waals surface area (Å²) in [7, 11) is 0. The predicted octanol–water partition coefficient (Wildman–Crippen LogP) is 2.47. The van der Waals surface area contributed by atoms with Gasteiger partial charge in [-0.2, -0.15) is 15.0 Å². The SMILES string of the molecule is Cc1cnn(-c2ccc(-c3cc(=O)n(CCC(C)(C)C(=O)NO)cc3F)cc2)n1. The maximum absolute atomic E-state index is 14.7. The summed E-state index contributed by atoms with van der Waals surface area (Å²) in [5.41, 5.74) is 2.57. The van der Waals surface area contributed by atoms with Gasteiger partial charge in [0, 0.05) is 29.8 Å². The fraction of sp³-hybridized carbons (Fsp3) is 0.300. The second-order valence-electron chi connectivity index (χ2n) is 7.46. The Bertz CT molecular complexity index is 1090. The summed E-state index contributed by atoms with van der Waals surface area (Å²) in [4.78, 5) is 25.5. The van der Waals surface area contributed by atoms with Gasteiger partial charge in [-0.25, -0.2) is 9.87 Å². The van der Waals surface area contributed by atoms with Gasteiger partial charge in [0.1, 0.15) is 5.82 Å². The van der Waals surface area contributed by atoms with Crippen molar-refractivity contribution >= 4 is 5.91 Å². The monoisotopic (exact) mass is 399 g/mol. The fourth-order valence-electron chi connectivity index (χ4n) is 2.84. The largest absolute Gasteiger partial charge is 0.313 e. The zero-order valence-corrected chi connectivity index (χ0v) is 16.4. The molecule has 0 fully saturated rings. The summed E-state index contributed by atoms with van der Waals surface area (Å²) >= 11 is 0. The van der Waals surface area contributed by atoms with Gasteiger partial charge < -0.3 is 4.57 Å². The van der Waals surface area contributed by atoms with Gasteiger partial charge in [0.05, 0.1) is 17.6 Å². The number of pyridine rings is 1. The van der Waals surface area contributed by atoms with E-state index in [9.17, 15) is 14.0 Å². The van der Waals surface area contributed by atoms with Gasteiger partial charge in [-0.15, -0.1) is 0 Å². The van der Waals surface area contributed by atoms with Crippen LogP contribution in [0.1, 0.15) is 26.0 Å². The van der Waals surface area contributed by atoms with Crippen molar-refractivity contribution in [3.05, 3.63) is 64.6 Å². The fourth-order valence-corrected chi connectivity index (χ4v) is 2.84. The number of hydroxylamine groups is 1. The van der Waals surface area contributed by atoms with Gasteiger partial charge in [0.25, 0.3) is 5.56 Å². The lowest BCUT2D eigenvalue weighted by Gasteiger charge is -2.22. The van der Waals surface area contributed by atoms with Crippen LogP contribution in [-0.4, -0.2) is 30.7 Å². The molecule has 0 unspecified atom stereocenters. The molecule has 0 radical (unpaired) electrons. The lowest BCUT2D eigenvalue weighted by molar-refractivity contribution is -0.138. The number of carbonyl (C=O) groups excluding carboxylic acids is 1. The van der Waals surface area contributed by atoms with E-state index in [1.807, 2.05) is 6.92 Å². The minimum absolute atomic E-state index is 0.139. The average molecular weight is 399 g/mol. The molecule has 1 amide bonds. The van der Waals surface area contributed by atoms with E-state index in [0.29, 0.717) is 5.56 Å². The first-order valence-electron chi connectivity index (χ1n) is 9.05. The molecular weight excluding hydrogens is 377 g/mol. The number of nitrogens with zero attached hydrogens (tertiary/aromatic N) is 4. The van der Waals surface area contributed by atoms with Crippen molar-refractivity contribution in [3.8, 4) is 16.8 Å². The number of benzene rings is 1. The molecule has 3 aromatic rings. The van der Waals surface area contributed by atoms with Gasteiger partial charge in [-0.1, -0.05) is 26.0 Å². The molecule has 29 heavy (non-hydrogen) atoms. The van der Waals surface area contributed by atoms with E-state index >= 15 is 0 Å². The highest BCUT2D eigenvalue weighted by atomic mass is 19.1. The highest BCUT2D eigenvalue weighted by molar-refractivity contribution is 5.80. The minimum Gasteiger partial charge on any atom is -0.313 e. The quantitative estimate of drug-likeness (QED) is 0.490. The first-order chi connectivity index (χ1) is 13.7. The number of nitrogens with one attached hydrogen (secondary N) is 1. The normalized spacial score (nSPS) is 11.5. The molecule has 0 atom stereocenters. The van der Waals surface area contributed by atoms with E-state index in [-0.39, 0.29) is 24.1 Å². The third-order valence-electron chi connectivity index (χ3n) is 4.79. The van der Waals surface area contributed by atoms with Crippen molar-refractivity contribution in [3.63, 3.8) is 0 Å². The van der Waals surface area contributed by atoms with E-state index in [2.05, 4.69) is 10.2 Å². The van der Waals surface area contributed by atoms with Crippen molar-refractivity contribution in [2.24, 2.45) is 5.41 Å². The molecule has 1 aromatic carbocycles. The maximum Gasteiger partial charge on any atom is 0.251 e. The Morgan fingerprint density at radius 2 is 1.97 bits per heavy atom. The lowest BCUT2D eigenvalue weighted by atomic mass is 9.88. The number of rotatable bonds is 6. The molecule has 0 bridgehead atoms. The van der Waals surface area contributed by atoms with Gasteiger partial charge in [0.2, 0.25) is 5.91 Å². The van der Waals surface area contributed by atoms with E-state index in [1.54, 1.807) is 49.8 Å². The Balaban J connectivity index is 1.82. The molecule has 0 aliphatic rings. The van der Waals surface area contributed by atoms with Crippen LogP contribution in [-0.2, 0) is 11.3 Å². The second kappa shape index (κ2) is 7.96. The summed E-state index contributed by atoms with van der Waals surface area (Å²) in [5, 5.41) is 17.1. The maximum atomic E-state index is 14.7. The van der Waals surface area contributed by atoms with Crippen LogP contribution in [0.15, 0.2) is 47.5 Å². The molecule has 8 nitrogen and oxygen atoms in total. The first-order valence-corrected chi connectivity index (χ1v) is 9.05. The molecule has 2 heterocycles. The molecular formula is C20H22FN5O3. The van der Waals surface area contributed by atoms with E-state index < -0.39 is 17.1 Å². The molecule has 0 spiro atoms. The van der Waals surface area contributed by atoms with Crippen LogP contribution in [0.3, 0.4) is 0 Å². The van der Waals surface area contributed by atoms with Crippen LogP contribution in [0, 0.1) is 18.2 Å². The Kier molecular flexibility index (Phi) is 5.60. The Hall–Kier alpha value is -3.33.